The molecule has 8 nitrogen and oxygen atoms in total. The maximum atomic E-state index is 13.1. The van der Waals surface area contributed by atoms with Crippen molar-refractivity contribution in [1.82, 2.24) is 24.3 Å². The molecular formula is C24H23N5O3S. The Morgan fingerprint density at radius 3 is 2.76 bits per heavy atom. The first-order chi connectivity index (χ1) is 16.2. The number of nitrogens with zero attached hydrogens (tertiary/aromatic N) is 5. The molecule has 0 radical (unpaired) electrons. The van der Waals surface area contributed by atoms with Crippen LogP contribution in [-0.4, -0.2) is 31.4 Å². The van der Waals surface area contributed by atoms with Gasteiger partial charge in [0.1, 0.15) is 17.2 Å². The summed E-state index contributed by atoms with van der Waals surface area (Å²) in [4.78, 5) is 13.1. The number of para-hydroxylation sites is 2. The number of hydrogen-bond donors (Lipinski definition) is 0. The molecule has 0 aliphatic rings. The Bertz CT molecular complexity index is 1490. The van der Waals surface area contributed by atoms with Gasteiger partial charge in [0, 0.05) is 18.2 Å². The Kier molecular flexibility index (Phi) is 5.87. The highest BCUT2D eigenvalue weighted by atomic mass is 32.2. The van der Waals surface area contributed by atoms with Gasteiger partial charge in [0.05, 0.1) is 23.8 Å². The lowest BCUT2D eigenvalue weighted by atomic mass is 10.1. The normalized spacial score (nSPS) is 11.5. The first kappa shape index (κ1) is 21.3. The molecule has 0 aliphatic carbocycles. The van der Waals surface area contributed by atoms with E-state index in [0.29, 0.717) is 40.1 Å². The highest BCUT2D eigenvalue weighted by molar-refractivity contribution is 7.98. The molecule has 0 amide bonds. The van der Waals surface area contributed by atoms with Gasteiger partial charge in [-0.3, -0.25) is 13.8 Å². The van der Waals surface area contributed by atoms with Crippen LogP contribution in [0.25, 0.3) is 27.9 Å². The molecule has 0 aliphatic heterocycles. The average molecular weight is 462 g/mol. The van der Waals surface area contributed by atoms with E-state index < -0.39 is 0 Å². The Morgan fingerprint density at radius 1 is 1.09 bits per heavy atom. The second-order valence-electron chi connectivity index (χ2n) is 7.61. The summed E-state index contributed by atoms with van der Waals surface area (Å²) >= 11 is 1.49. The number of hydrogen-bond acceptors (Lipinski definition) is 7. The largest absolute Gasteiger partial charge is 0.496 e. The van der Waals surface area contributed by atoms with E-state index in [1.165, 1.54) is 11.8 Å². The lowest BCUT2D eigenvalue weighted by molar-refractivity contribution is 0.395. The van der Waals surface area contributed by atoms with E-state index in [1.807, 2.05) is 59.0 Å². The van der Waals surface area contributed by atoms with Gasteiger partial charge < -0.3 is 9.26 Å². The molecule has 5 aromatic rings. The molecule has 0 spiro atoms. The third kappa shape index (κ3) is 3.89. The number of ether oxygens (including phenoxy) is 1. The van der Waals surface area contributed by atoms with Gasteiger partial charge in [-0.15, -0.1) is 10.2 Å². The van der Waals surface area contributed by atoms with Crippen molar-refractivity contribution in [3.8, 4) is 17.0 Å². The van der Waals surface area contributed by atoms with E-state index in [-0.39, 0.29) is 5.56 Å². The smallest absolute Gasteiger partial charge is 0.262 e. The molecule has 168 valence electrons. The van der Waals surface area contributed by atoms with Crippen LogP contribution in [0.3, 0.4) is 0 Å². The quantitative estimate of drug-likeness (QED) is 0.307. The van der Waals surface area contributed by atoms with Crippen molar-refractivity contribution in [2.24, 2.45) is 0 Å². The minimum Gasteiger partial charge on any atom is -0.496 e. The number of methoxy groups -OCH3 is 1. The summed E-state index contributed by atoms with van der Waals surface area (Å²) in [6, 6.07) is 17.2. The van der Waals surface area contributed by atoms with Gasteiger partial charge in [0.15, 0.2) is 5.16 Å². The summed E-state index contributed by atoms with van der Waals surface area (Å²) in [5, 5.41) is 14.3. The lowest BCUT2D eigenvalue weighted by Gasteiger charge is -2.10. The van der Waals surface area contributed by atoms with E-state index in [0.717, 1.165) is 29.7 Å². The number of rotatable bonds is 8. The molecule has 2 aromatic carbocycles. The van der Waals surface area contributed by atoms with Crippen LogP contribution in [0.4, 0.5) is 0 Å². The van der Waals surface area contributed by atoms with Crippen molar-refractivity contribution in [2.75, 3.05) is 7.11 Å². The first-order valence-electron chi connectivity index (χ1n) is 10.8. The van der Waals surface area contributed by atoms with Crippen LogP contribution < -0.4 is 10.3 Å². The van der Waals surface area contributed by atoms with E-state index in [2.05, 4.69) is 22.3 Å². The molecule has 33 heavy (non-hydrogen) atoms. The predicted molar refractivity (Wildman–Crippen MR) is 128 cm³/mol. The second-order valence-corrected chi connectivity index (χ2v) is 8.56. The molecular weight excluding hydrogens is 438 g/mol. The molecule has 3 heterocycles. The number of unbranched alkanes of at least 4 members (excludes halogenated alkanes) is 1. The topological polar surface area (TPSA) is 87.5 Å². The standard InChI is InChI=1S/C24H23N5O3S/c1-3-4-13-28-22(30)18-10-5-7-11-20(18)29-23(28)25-26-24(29)33-15-16-14-19(27-32-16)17-9-6-8-12-21(17)31-2/h5-12,14H,3-4,13,15H2,1-2H3. The summed E-state index contributed by atoms with van der Waals surface area (Å²) in [6.45, 7) is 2.71. The summed E-state index contributed by atoms with van der Waals surface area (Å²) < 4.78 is 14.7. The van der Waals surface area contributed by atoms with Crippen molar-refractivity contribution < 1.29 is 9.26 Å². The Hall–Kier alpha value is -3.59. The summed E-state index contributed by atoms with van der Waals surface area (Å²) in [5.41, 5.74) is 2.35. The first-order valence-corrected chi connectivity index (χ1v) is 11.8. The molecule has 9 heteroatoms. The summed E-state index contributed by atoms with van der Waals surface area (Å²) in [7, 11) is 1.64. The Labute approximate surface area is 194 Å². The third-order valence-electron chi connectivity index (χ3n) is 5.50. The Morgan fingerprint density at radius 2 is 1.91 bits per heavy atom. The zero-order chi connectivity index (χ0) is 22.8. The predicted octanol–water partition coefficient (Wildman–Crippen LogP) is 4.80. The molecule has 5 rings (SSSR count). The van der Waals surface area contributed by atoms with Crippen molar-refractivity contribution in [1.29, 1.82) is 0 Å². The number of benzene rings is 2. The van der Waals surface area contributed by atoms with Gasteiger partial charge in [-0.05, 0) is 30.7 Å². The molecule has 0 bridgehead atoms. The van der Waals surface area contributed by atoms with Gasteiger partial charge in [-0.2, -0.15) is 0 Å². The number of aromatic nitrogens is 5. The molecule has 0 saturated heterocycles. The van der Waals surface area contributed by atoms with Gasteiger partial charge in [0.25, 0.3) is 5.56 Å². The fraction of sp³-hybridized carbons (Fsp3) is 0.250. The minimum absolute atomic E-state index is 0.0350. The van der Waals surface area contributed by atoms with E-state index in [4.69, 9.17) is 9.26 Å². The van der Waals surface area contributed by atoms with E-state index in [1.54, 1.807) is 11.7 Å². The molecule has 3 aromatic heterocycles. The van der Waals surface area contributed by atoms with Crippen LogP contribution in [0.2, 0.25) is 0 Å². The molecule has 0 unspecified atom stereocenters. The van der Waals surface area contributed by atoms with Crippen LogP contribution in [0.15, 0.2) is 69.1 Å². The van der Waals surface area contributed by atoms with Gasteiger partial charge in [0.2, 0.25) is 5.78 Å². The van der Waals surface area contributed by atoms with Gasteiger partial charge in [-0.1, -0.05) is 54.5 Å². The van der Waals surface area contributed by atoms with Crippen LogP contribution in [0.5, 0.6) is 5.75 Å². The van der Waals surface area contributed by atoms with Crippen molar-refractivity contribution in [2.45, 2.75) is 37.2 Å². The fourth-order valence-corrected chi connectivity index (χ4v) is 4.66. The van der Waals surface area contributed by atoms with Gasteiger partial charge >= 0.3 is 0 Å². The van der Waals surface area contributed by atoms with E-state index >= 15 is 0 Å². The van der Waals surface area contributed by atoms with E-state index in [9.17, 15) is 4.79 Å². The number of thioether (sulfide) groups is 1. The minimum atomic E-state index is -0.0350. The SMILES string of the molecule is CCCCn1c(=O)c2ccccc2n2c(SCc3cc(-c4ccccc4OC)no3)nnc12. The third-order valence-corrected chi connectivity index (χ3v) is 6.45. The monoisotopic (exact) mass is 461 g/mol. The van der Waals surface area contributed by atoms with Crippen LogP contribution in [0.1, 0.15) is 25.5 Å². The van der Waals surface area contributed by atoms with Crippen molar-refractivity contribution in [3.63, 3.8) is 0 Å². The molecule has 0 fully saturated rings. The highest BCUT2D eigenvalue weighted by Crippen LogP contribution is 2.31. The lowest BCUT2D eigenvalue weighted by Crippen LogP contribution is -2.23. The zero-order valence-electron chi connectivity index (χ0n) is 18.4. The maximum Gasteiger partial charge on any atom is 0.262 e. The zero-order valence-corrected chi connectivity index (χ0v) is 19.2. The number of fused-ring (bicyclic) bond motifs is 3. The number of aryl methyl sites for hydroxylation is 1. The average Bonchev–Trinajstić information content (AvgIpc) is 3.50. The fourth-order valence-electron chi connectivity index (χ4n) is 3.84. The van der Waals surface area contributed by atoms with Crippen LogP contribution in [-0.2, 0) is 12.3 Å². The second kappa shape index (κ2) is 9.11. The van der Waals surface area contributed by atoms with Crippen molar-refractivity contribution in [3.05, 3.63) is 70.7 Å². The summed E-state index contributed by atoms with van der Waals surface area (Å²) in [5.74, 6) is 2.53. The summed E-state index contributed by atoms with van der Waals surface area (Å²) in [6.07, 6.45) is 1.88. The highest BCUT2D eigenvalue weighted by Gasteiger charge is 2.18. The molecule has 0 N–H and O–H groups in total. The van der Waals surface area contributed by atoms with Crippen LogP contribution >= 0.6 is 11.8 Å². The van der Waals surface area contributed by atoms with Crippen molar-refractivity contribution >= 4 is 28.4 Å². The Balaban J connectivity index is 1.49. The maximum absolute atomic E-state index is 13.1. The van der Waals surface area contributed by atoms with Gasteiger partial charge in [-0.25, -0.2) is 0 Å². The molecule has 0 atom stereocenters. The van der Waals surface area contributed by atoms with Crippen LogP contribution in [0, 0.1) is 0 Å². The molecule has 0 saturated carbocycles.